The van der Waals surface area contributed by atoms with Gasteiger partial charge < -0.3 is 4.57 Å². The fourth-order valence-electron chi connectivity index (χ4n) is 6.90. The van der Waals surface area contributed by atoms with Crippen molar-refractivity contribution in [2.45, 2.75) is 0 Å². The highest BCUT2D eigenvalue weighted by Crippen LogP contribution is 2.32. The van der Waals surface area contributed by atoms with Crippen LogP contribution in [0, 0.1) is 0 Å². The SMILES string of the molecule is Brc1cc(Br)nc(-c2cc([Si](c3ccccc3)(c3ccccc3)c3cccc(-n4c5ccccc5c5ccccc54)c3)ccc2Br)n1. The van der Waals surface area contributed by atoms with Gasteiger partial charge in [0, 0.05) is 32.6 Å². The third-order valence-electron chi connectivity index (χ3n) is 8.83. The van der Waals surface area contributed by atoms with Crippen LogP contribution in [-0.4, -0.2) is 22.6 Å². The summed E-state index contributed by atoms with van der Waals surface area (Å²) >= 11 is 11.0. The van der Waals surface area contributed by atoms with E-state index in [9.17, 15) is 0 Å². The van der Waals surface area contributed by atoms with Crippen molar-refractivity contribution < 1.29 is 0 Å². The molecule has 0 radical (unpaired) electrons. The molecule has 3 nitrogen and oxygen atoms in total. The molecule has 0 spiro atoms. The first-order chi connectivity index (χ1) is 23.0. The lowest BCUT2D eigenvalue weighted by molar-refractivity contribution is 1.12. The molecule has 0 saturated heterocycles. The summed E-state index contributed by atoms with van der Waals surface area (Å²) in [6.07, 6.45) is 0. The number of halogens is 3. The number of hydrogen-bond donors (Lipinski definition) is 0. The number of aromatic nitrogens is 3. The average Bonchev–Trinajstić information content (AvgIpc) is 3.44. The Morgan fingerprint density at radius 2 is 0.957 bits per heavy atom. The monoisotopic (exact) mass is 813 g/mol. The summed E-state index contributed by atoms with van der Waals surface area (Å²) in [5, 5.41) is 7.64. The van der Waals surface area contributed by atoms with Crippen molar-refractivity contribution in [1.29, 1.82) is 0 Å². The third kappa shape index (κ3) is 5.22. The fraction of sp³-hybridized carbons (Fsp3) is 0. The molecule has 8 rings (SSSR count). The lowest BCUT2D eigenvalue weighted by Gasteiger charge is -2.35. The molecular formula is C40H26Br3N3Si. The molecule has 0 aliphatic heterocycles. The van der Waals surface area contributed by atoms with Crippen molar-refractivity contribution in [1.82, 2.24) is 14.5 Å². The van der Waals surface area contributed by atoms with E-state index in [1.54, 1.807) is 0 Å². The predicted octanol–water partition coefficient (Wildman–Crippen LogP) is 8.91. The van der Waals surface area contributed by atoms with E-state index in [-0.39, 0.29) is 0 Å². The summed E-state index contributed by atoms with van der Waals surface area (Å²) in [6.45, 7) is 0. The molecule has 0 atom stereocenters. The molecule has 8 aromatic rings. The van der Waals surface area contributed by atoms with Crippen molar-refractivity contribution >= 4 is 98.4 Å². The van der Waals surface area contributed by atoms with Gasteiger partial charge in [-0.25, -0.2) is 9.97 Å². The topological polar surface area (TPSA) is 30.7 Å². The zero-order valence-electron chi connectivity index (χ0n) is 25.0. The van der Waals surface area contributed by atoms with Gasteiger partial charge in [-0.3, -0.25) is 0 Å². The van der Waals surface area contributed by atoms with Crippen molar-refractivity contribution in [3.63, 3.8) is 0 Å². The smallest absolute Gasteiger partial charge is 0.179 e. The van der Waals surface area contributed by atoms with Crippen molar-refractivity contribution in [2.75, 3.05) is 0 Å². The molecule has 0 fully saturated rings. The van der Waals surface area contributed by atoms with Gasteiger partial charge in [-0.1, -0.05) is 131 Å². The number of rotatable bonds is 6. The van der Waals surface area contributed by atoms with Crippen LogP contribution in [0.25, 0.3) is 38.9 Å². The van der Waals surface area contributed by atoms with E-state index in [4.69, 9.17) is 9.97 Å². The Bertz CT molecular complexity index is 2300. The van der Waals surface area contributed by atoms with E-state index < -0.39 is 8.07 Å². The van der Waals surface area contributed by atoms with Gasteiger partial charge in [0.1, 0.15) is 9.21 Å². The maximum Gasteiger partial charge on any atom is 0.179 e. The predicted molar refractivity (Wildman–Crippen MR) is 209 cm³/mol. The second kappa shape index (κ2) is 12.5. The van der Waals surface area contributed by atoms with E-state index in [1.165, 1.54) is 42.6 Å². The molecule has 7 heteroatoms. The molecule has 226 valence electrons. The lowest BCUT2D eigenvalue weighted by atomic mass is 10.2. The standard InChI is InChI=1S/C40H26Br3N3Si/c41-35-23-22-31(25-34(35)40-44-38(42)26-39(43)45-40)47(28-13-3-1-4-14-28,29-15-5-2-6-16-29)30-17-11-12-27(24-30)46-36-20-9-7-18-32(36)33-19-8-10-21-37(33)46/h1-26H. The molecule has 0 unspecified atom stereocenters. The summed E-state index contributed by atoms with van der Waals surface area (Å²) in [5.41, 5.74) is 4.47. The molecule has 0 aliphatic rings. The summed E-state index contributed by atoms with van der Waals surface area (Å²) in [7, 11) is -2.91. The Kier molecular flexibility index (Phi) is 8.01. The van der Waals surface area contributed by atoms with Crippen molar-refractivity contribution in [3.05, 3.63) is 171 Å². The molecule has 0 N–H and O–H groups in total. The summed E-state index contributed by atoms with van der Waals surface area (Å²) in [5.74, 6) is 0.642. The van der Waals surface area contributed by atoms with Gasteiger partial charge >= 0.3 is 0 Å². The number of benzene rings is 6. The van der Waals surface area contributed by atoms with Crippen molar-refractivity contribution in [2.24, 2.45) is 0 Å². The first-order valence-corrected chi connectivity index (χ1v) is 19.6. The zero-order valence-corrected chi connectivity index (χ0v) is 30.7. The second-order valence-corrected chi connectivity index (χ2v) is 17.7. The highest BCUT2D eigenvalue weighted by molar-refractivity contribution is 9.11. The van der Waals surface area contributed by atoms with Gasteiger partial charge in [-0.15, -0.1) is 0 Å². The highest BCUT2D eigenvalue weighted by Gasteiger charge is 2.42. The minimum atomic E-state index is -2.91. The van der Waals surface area contributed by atoms with E-state index in [0.29, 0.717) is 5.82 Å². The van der Waals surface area contributed by atoms with Gasteiger partial charge in [-0.2, -0.15) is 0 Å². The van der Waals surface area contributed by atoms with Crippen LogP contribution in [0.4, 0.5) is 0 Å². The zero-order chi connectivity index (χ0) is 32.0. The average molecular weight is 816 g/mol. The lowest BCUT2D eigenvalue weighted by Crippen LogP contribution is -2.74. The van der Waals surface area contributed by atoms with Gasteiger partial charge in [0.05, 0.1) is 11.0 Å². The van der Waals surface area contributed by atoms with Crippen molar-refractivity contribution in [3.8, 4) is 17.1 Å². The van der Waals surface area contributed by atoms with Crippen LogP contribution in [0.5, 0.6) is 0 Å². The van der Waals surface area contributed by atoms with Crippen LogP contribution in [0.3, 0.4) is 0 Å². The van der Waals surface area contributed by atoms with Gasteiger partial charge in [0.25, 0.3) is 0 Å². The Hall–Kier alpha value is -4.14. The number of fused-ring (bicyclic) bond motifs is 3. The van der Waals surface area contributed by atoms with E-state index in [1.807, 2.05) is 6.07 Å². The second-order valence-electron chi connectivity index (χ2n) is 11.4. The Labute approximate surface area is 299 Å². The minimum absolute atomic E-state index is 0.642. The molecular weight excluding hydrogens is 790 g/mol. The molecule has 0 bridgehead atoms. The third-order valence-corrected chi connectivity index (χ3v) is 15.1. The molecule has 2 aromatic heterocycles. The number of hydrogen-bond acceptors (Lipinski definition) is 2. The number of para-hydroxylation sites is 2. The van der Waals surface area contributed by atoms with Crippen LogP contribution in [0.2, 0.25) is 0 Å². The summed E-state index contributed by atoms with van der Waals surface area (Å²) in [4.78, 5) is 9.54. The van der Waals surface area contributed by atoms with E-state index in [2.05, 4.69) is 204 Å². The summed E-state index contributed by atoms with van der Waals surface area (Å²) in [6, 6.07) is 57.1. The molecule has 2 heterocycles. The molecule has 47 heavy (non-hydrogen) atoms. The maximum absolute atomic E-state index is 4.77. The van der Waals surface area contributed by atoms with Crippen LogP contribution in [0.1, 0.15) is 0 Å². The van der Waals surface area contributed by atoms with Gasteiger partial charge in [-0.05, 0) is 89.0 Å². The molecule has 0 amide bonds. The Morgan fingerprint density at radius 1 is 0.447 bits per heavy atom. The summed E-state index contributed by atoms with van der Waals surface area (Å²) < 4.78 is 4.79. The normalized spacial score (nSPS) is 11.7. The molecule has 0 aliphatic carbocycles. The van der Waals surface area contributed by atoms with Crippen LogP contribution < -0.4 is 20.7 Å². The Balaban J connectivity index is 1.46. The molecule has 0 saturated carbocycles. The minimum Gasteiger partial charge on any atom is -0.309 e. The van der Waals surface area contributed by atoms with E-state index >= 15 is 0 Å². The van der Waals surface area contributed by atoms with Crippen LogP contribution in [0.15, 0.2) is 171 Å². The fourth-order valence-corrected chi connectivity index (χ4v) is 13.2. The largest absolute Gasteiger partial charge is 0.309 e. The van der Waals surface area contributed by atoms with E-state index in [0.717, 1.165) is 24.9 Å². The van der Waals surface area contributed by atoms with Crippen LogP contribution in [-0.2, 0) is 0 Å². The molecule has 6 aromatic carbocycles. The van der Waals surface area contributed by atoms with Crippen LogP contribution >= 0.6 is 47.8 Å². The first kappa shape index (κ1) is 30.2. The first-order valence-electron chi connectivity index (χ1n) is 15.2. The quantitative estimate of drug-likeness (QED) is 0.0955. The number of nitrogens with zero attached hydrogens (tertiary/aromatic N) is 3. The van der Waals surface area contributed by atoms with Gasteiger partial charge in [0.2, 0.25) is 0 Å². The highest BCUT2D eigenvalue weighted by atomic mass is 79.9. The Morgan fingerprint density at radius 3 is 1.55 bits per heavy atom. The maximum atomic E-state index is 4.77. The van der Waals surface area contributed by atoms with Gasteiger partial charge in [0.15, 0.2) is 13.9 Å².